The molecule has 0 aliphatic carbocycles. The standard InChI is InChI=1S/C16H15NOS/c1-11-14(13-9-6-10-19-13)15(17)18-16(11,2)12-7-4-3-5-8-12/h3-10,17H,1-2H3. The van der Waals surface area contributed by atoms with Crippen LogP contribution < -0.4 is 0 Å². The van der Waals surface area contributed by atoms with Crippen molar-refractivity contribution < 1.29 is 4.74 Å². The highest BCUT2D eigenvalue weighted by Gasteiger charge is 2.41. The maximum atomic E-state index is 8.14. The topological polar surface area (TPSA) is 33.1 Å². The van der Waals surface area contributed by atoms with Gasteiger partial charge < -0.3 is 4.74 Å². The van der Waals surface area contributed by atoms with Crippen LogP contribution >= 0.6 is 11.3 Å². The number of hydrogen-bond donors (Lipinski definition) is 1. The summed E-state index contributed by atoms with van der Waals surface area (Å²) < 4.78 is 5.90. The number of ether oxygens (including phenoxy) is 1. The zero-order chi connectivity index (χ0) is 13.5. The molecule has 2 aromatic rings. The van der Waals surface area contributed by atoms with Crippen molar-refractivity contribution >= 4 is 22.8 Å². The molecule has 2 heterocycles. The van der Waals surface area contributed by atoms with Gasteiger partial charge in [-0.2, -0.15) is 0 Å². The molecule has 19 heavy (non-hydrogen) atoms. The molecule has 3 rings (SSSR count). The molecule has 1 N–H and O–H groups in total. The third-order valence-corrected chi connectivity index (χ3v) is 4.60. The third-order valence-electron chi connectivity index (χ3n) is 3.72. The van der Waals surface area contributed by atoms with Gasteiger partial charge in [0.1, 0.15) is 0 Å². The summed E-state index contributed by atoms with van der Waals surface area (Å²) in [6.07, 6.45) is 0. The number of nitrogens with one attached hydrogen (secondary N) is 1. The van der Waals surface area contributed by atoms with Gasteiger partial charge in [-0.3, -0.25) is 5.41 Å². The van der Waals surface area contributed by atoms with E-state index in [0.717, 1.165) is 21.6 Å². The molecule has 0 bridgehead atoms. The van der Waals surface area contributed by atoms with E-state index < -0.39 is 5.60 Å². The molecule has 0 saturated heterocycles. The molecular weight excluding hydrogens is 254 g/mol. The van der Waals surface area contributed by atoms with Crippen LogP contribution in [0.25, 0.3) is 5.57 Å². The highest BCUT2D eigenvalue weighted by molar-refractivity contribution is 7.11. The second-order valence-corrected chi connectivity index (χ2v) is 5.76. The molecule has 1 aromatic heterocycles. The maximum absolute atomic E-state index is 8.14. The second-order valence-electron chi connectivity index (χ2n) is 4.81. The Balaban J connectivity index is 2.14. The summed E-state index contributed by atoms with van der Waals surface area (Å²) in [5, 5.41) is 10.2. The molecule has 1 aromatic carbocycles. The van der Waals surface area contributed by atoms with E-state index in [1.54, 1.807) is 11.3 Å². The molecule has 0 spiro atoms. The minimum absolute atomic E-state index is 0.270. The molecular formula is C16H15NOS. The summed E-state index contributed by atoms with van der Waals surface area (Å²) >= 11 is 1.64. The minimum Gasteiger partial charge on any atom is -0.462 e. The lowest BCUT2D eigenvalue weighted by molar-refractivity contribution is 0.127. The molecule has 1 aliphatic rings. The van der Waals surface area contributed by atoms with E-state index in [9.17, 15) is 0 Å². The van der Waals surface area contributed by atoms with Crippen LogP contribution in [0, 0.1) is 5.41 Å². The molecule has 0 amide bonds. The Labute approximate surface area is 116 Å². The summed E-state index contributed by atoms with van der Waals surface area (Å²) in [6.45, 7) is 4.09. The molecule has 1 unspecified atom stereocenters. The Morgan fingerprint density at radius 1 is 1.11 bits per heavy atom. The molecule has 3 heteroatoms. The number of hydrogen-bond acceptors (Lipinski definition) is 3. The fourth-order valence-electron chi connectivity index (χ4n) is 2.49. The number of benzene rings is 1. The molecule has 1 aliphatic heterocycles. The second kappa shape index (κ2) is 4.35. The lowest BCUT2D eigenvalue weighted by Gasteiger charge is -2.26. The first-order valence-corrected chi connectivity index (χ1v) is 7.09. The maximum Gasteiger partial charge on any atom is 0.215 e. The van der Waals surface area contributed by atoms with Crippen molar-refractivity contribution in [3.05, 3.63) is 63.9 Å². The van der Waals surface area contributed by atoms with E-state index >= 15 is 0 Å². The van der Waals surface area contributed by atoms with Crippen LogP contribution in [-0.4, -0.2) is 5.90 Å². The van der Waals surface area contributed by atoms with Crippen LogP contribution in [-0.2, 0) is 10.3 Å². The van der Waals surface area contributed by atoms with E-state index in [1.807, 2.05) is 54.8 Å². The number of rotatable bonds is 2. The van der Waals surface area contributed by atoms with Gasteiger partial charge in [0.2, 0.25) is 5.90 Å². The fraction of sp³-hybridized carbons (Fsp3) is 0.188. The highest BCUT2D eigenvalue weighted by Crippen LogP contribution is 2.45. The van der Waals surface area contributed by atoms with Gasteiger partial charge in [0.05, 0.1) is 5.57 Å². The van der Waals surface area contributed by atoms with Crippen LogP contribution in [0.1, 0.15) is 24.3 Å². The minimum atomic E-state index is -0.530. The van der Waals surface area contributed by atoms with Gasteiger partial charge >= 0.3 is 0 Å². The Hall–Kier alpha value is -1.87. The normalized spacial score (nSPS) is 22.7. The van der Waals surface area contributed by atoms with Crippen LogP contribution in [0.15, 0.2) is 53.4 Å². The monoisotopic (exact) mass is 269 g/mol. The third kappa shape index (κ3) is 1.81. The lowest BCUT2D eigenvalue weighted by Crippen LogP contribution is -2.23. The number of thiophene rings is 1. The van der Waals surface area contributed by atoms with Crippen molar-refractivity contribution in [3.63, 3.8) is 0 Å². The zero-order valence-electron chi connectivity index (χ0n) is 10.9. The molecule has 0 radical (unpaired) electrons. The Bertz CT molecular complexity index is 643. The van der Waals surface area contributed by atoms with Gasteiger partial charge in [-0.15, -0.1) is 11.3 Å². The summed E-state index contributed by atoms with van der Waals surface area (Å²) in [6, 6.07) is 14.1. The first kappa shape index (κ1) is 12.2. The van der Waals surface area contributed by atoms with E-state index in [0.29, 0.717) is 0 Å². The van der Waals surface area contributed by atoms with Gasteiger partial charge in [0, 0.05) is 4.88 Å². The van der Waals surface area contributed by atoms with Gasteiger partial charge in [0.15, 0.2) is 5.60 Å². The van der Waals surface area contributed by atoms with Crippen molar-refractivity contribution in [2.75, 3.05) is 0 Å². The fourth-order valence-corrected chi connectivity index (χ4v) is 3.31. The summed E-state index contributed by atoms with van der Waals surface area (Å²) in [7, 11) is 0. The Morgan fingerprint density at radius 3 is 2.47 bits per heavy atom. The highest BCUT2D eigenvalue weighted by atomic mass is 32.1. The zero-order valence-corrected chi connectivity index (χ0v) is 11.8. The van der Waals surface area contributed by atoms with Gasteiger partial charge in [-0.1, -0.05) is 36.4 Å². The van der Waals surface area contributed by atoms with Gasteiger partial charge in [-0.25, -0.2) is 0 Å². The van der Waals surface area contributed by atoms with E-state index in [4.69, 9.17) is 10.1 Å². The van der Waals surface area contributed by atoms with E-state index in [-0.39, 0.29) is 5.90 Å². The van der Waals surface area contributed by atoms with Crippen LogP contribution in [0.5, 0.6) is 0 Å². The SMILES string of the molecule is CC1=C(c2cccs2)C(=N)OC1(C)c1ccccc1. The predicted octanol–water partition coefficient (Wildman–Crippen LogP) is 4.44. The largest absolute Gasteiger partial charge is 0.462 e. The average Bonchev–Trinajstić information content (AvgIpc) is 3.00. The molecule has 1 atom stereocenters. The van der Waals surface area contributed by atoms with Gasteiger partial charge in [0.25, 0.3) is 0 Å². The Morgan fingerprint density at radius 2 is 1.84 bits per heavy atom. The quantitative estimate of drug-likeness (QED) is 0.858. The molecule has 0 fully saturated rings. The van der Waals surface area contributed by atoms with Crippen molar-refractivity contribution in [3.8, 4) is 0 Å². The smallest absolute Gasteiger partial charge is 0.215 e. The van der Waals surface area contributed by atoms with Crippen LogP contribution in [0.2, 0.25) is 0 Å². The predicted molar refractivity (Wildman–Crippen MR) is 79.5 cm³/mol. The van der Waals surface area contributed by atoms with Gasteiger partial charge in [-0.05, 0) is 36.4 Å². The lowest BCUT2D eigenvalue weighted by atomic mass is 9.87. The summed E-state index contributed by atoms with van der Waals surface area (Å²) in [5.74, 6) is 0.270. The van der Waals surface area contributed by atoms with Crippen molar-refractivity contribution in [2.45, 2.75) is 19.4 Å². The molecule has 0 saturated carbocycles. The average molecular weight is 269 g/mol. The van der Waals surface area contributed by atoms with E-state index in [1.165, 1.54) is 0 Å². The van der Waals surface area contributed by atoms with E-state index in [2.05, 4.69) is 6.92 Å². The van der Waals surface area contributed by atoms with Crippen LogP contribution in [0.3, 0.4) is 0 Å². The van der Waals surface area contributed by atoms with Crippen molar-refractivity contribution in [1.82, 2.24) is 0 Å². The first-order chi connectivity index (χ1) is 9.13. The Kier molecular flexibility index (Phi) is 2.79. The van der Waals surface area contributed by atoms with Crippen molar-refractivity contribution in [1.29, 1.82) is 5.41 Å². The van der Waals surface area contributed by atoms with Crippen molar-refractivity contribution in [2.24, 2.45) is 0 Å². The van der Waals surface area contributed by atoms with Crippen LogP contribution in [0.4, 0.5) is 0 Å². The summed E-state index contributed by atoms with van der Waals surface area (Å²) in [5.41, 5.74) is 2.59. The first-order valence-electron chi connectivity index (χ1n) is 6.21. The molecule has 96 valence electrons. The summed E-state index contributed by atoms with van der Waals surface area (Å²) in [4.78, 5) is 1.10. The molecule has 2 nitrogen and oxygen atoms in total.